The van der Waals surface area contributed by atoms with Gasteiger partial charge in [0, 0.05) is 9.13 Å². The third-order valence-corrected chi connectivity index (χ3v) is 2.28. The first-order valence-electron chi connectivity index (χ1n) is 3.82. The Morgan fingerprint density at radius 3 is 1.71 bits per heavy atom. The highest BCUT2D eigenvalue weighted by atomic mass is 31.2. The molecule has 98 valence electrons. The van der Waals surface area contributed by atoms with E-state index in [2.05, 4.69) is 9.63 Å². The van der Waals surface area contributed by atoms with E-state index >= 15 is 0 Å². The Kier molecular flexibility index (Phi) is 11.0. The Bertz CT molecular complexity index is 294. The number of hydrogen-bond donors (Lipinski definition) is 5. The lowest BCUT2D eigenvalue weighted by molar-refractivity contribution is -0.145. The molecule has 0 saturated carbocycles. The maximum atomic E-state index is 10.1. The number of rotatable bonds is 6. The first-order valence-corrected chi connectivity index (χ1v) is 6.09. The molecule has 0 fully saturated rings. The molecule has 0 aromatic rings. The maximum absolute atomic E-state index is 10.1. The zero-order valence-electron chi connectivity index (χ0n) is 8.51. The van der Waals surface area contributed by atoms with E-state index < -0.39 is 40.9 Å². The van der Waals surface area contributed by atoms with E-state index in [9.17, 15) is 18.7 Å². The molecule has 0 aliphatic rings. The van der Waals surface area contributed by atoms with Gasteiger partial charge in [0.05, 0.1) is 6.42 Å². The number of carboxylic acid groups (broad SMARTS) is 2. The monoisotopic (exact) mass is 291 g/mol. The van der Waals surface area contributed by atoms with Gasteiger partial charge in [-0.3, -0.25) is 9.59 Å². The molecular weight excluding hydrogens is 280 g/mol. The number of nitrogens with one attached hydrogen (secondary N) is 1. The standard InChI is InChI=1S/C5H9NO4.O5P2/c1-6-3(5(9)10)2-4(7)8;1-6(2)5-7(3)4/h3,6H,2H2,1H3,(H,7,8)(H,9,10);/p+2. The summed E-state index contributed by atoms with van der Waals surface area (Å²) in [6, 6.07) is -0.988. The van der Waals surface area contributed by atoms with E-state index in [1.165, 1.54) is 7.05 Å². The zero-order valence-corrected chi connectivity index (χ0v) is 10.3. The van der Waals surface area contributed by atoms with Crippen molar-refractivity contribution in [3.8, 4) is 0 Å². The summed E-state index contributed by atoms with van der Waals surface area (Å²) in [5, 5.41) is 18.8. The van der Waals surface area contributed by atoms with Gasteiger partial charge < -0.3 is 15.5 Å². The average Bonchev–Trinajstić information content (AvgIpc) is 2.11. The van der Waals surface area contributed by atoms with Crippen LogP contribution in [0.2, 0.25) is 0 Å². The van der Waals surface area contributed by atoms with Gasteiger partial charge in [-0.2, -0.15) is 0 Å². The number of carbonyl (C=O) groups is 2. The smallest absolute Gasteiger partial charge is 0.481 e. The molecule has 3 atom stereocenters. The third-order valence-electron chi connectivity index (χ3n) is 1.16. The molecule has 10 nitrogen and oxygen atoms in total. The fourth-order valence-electron chi connectivity index (χ4n) is 0.547. The Morgan fingerprint density at radius 1 is 1.24 bits per heavy atom. The molecule has 0 rings (SSSR count). The lowest BCUT2D eigenvalue weighted by atomic mass is 10.2. The molecule has 0 saturated heterocycles. The molecule has 3 unspecified atom stereocenters. The summed E-state index contributed by atoms with van der Waals surface area (Å²) >= 11 is 0. The summed E-state index contributed by atoms with van der Waals surface area (Å²) in [5.74, 6) is -2.27. The van der Waals surface area contributed by atoms with Gasteiger partial charge in [-0.1, -0.05) is 0 Å². The van der Waals surface area contributed by atoms with Crippen LogP contribution in [0.5, 0.6) is 0 Å². The molecule has 0 aromatic heterocycles. The van der Waals surface area contributed by atoms with E-state index in [1.54, 1.807) is 0 Å². The molecule has 17 heavy (non-hydrogen) atoms. The van der Waals surface area contributed by atoms with Crippen molar-refractivity contribution in [1.82, 2.24) is 5.32 Å². The van der Waals surface area contributed by atoms with Crippen molar-refractivity contribution < 1.29 is 43.0 Å². The van der Waals surface area contributed by atoms with Crippen LogP contribution < -0.4 is 5.32 Å². The molecule has 0 aliphatic carbocycles. The van der Waals surface area contributed by atoms with E-state index in [4.69, 9.17) is 20.0 Å². The number of carboxylic acids is 2. The fourth-order valence-corrected chi connectivity index (χ4v) is 1.03. The molecule has 0 spiro atoms. The van der Waals surface area contributed by atoms with Gasteiger partial charge in [-0.05, 0) is 7.05 Å². The van der Waals surface area contributed by atoms with Crippen LogP contribution in [0, 0.1) is 0 Å². The molecule has 0 radical (unpaired) electrons. The first-order chi connectivity index (χ1) is 7.70. The molecule has 12 heteroatoms. The first kappa shape index (κ1) is 18.3. The summed E-state index contributed by atoms with van der Waals surface area (Å²) in [4.78, 5) is 35.4. The second-order valence-electron chi connectivity index (χ2n) is 2.33. The van der Waals surface area contributed by atoms with Gasteiger partial charge >= 0.3 is 28.4 Å². The minimum absolute atomic E-state index is 0.397. The van der Waals surface area contributed by atoms with Crippen molar-refractivity contribution in [3.63, 3.8) is 0 Å². The Hall–Kier alpha value is -1.02. The fraction of sp³-hybridized carbons (Fsp3) is 0.600. The van der Waals surface area contributed by atoms with Gasteiger partial charge in [0.1, 0.15) is 6.04 Å². The SMILES string of the molecule is CNC(CC(=O)O)C(=O)O.O=[P+](O)O[P+](=O)O. The van der Waals surface area contributed by atoms with Crippen molar-refractivity contribution in [3.05, 3.63) is 0 Å². The minimum Gasteiger partial charge on any atom is -0.481 e. The normalized spacial score (nSPS) is 12.9. The van der Waals surface area contributed by atoms with E-state index in [0.29, 0.717) is 0 Å². The number of likely N-dealkylation sites (N-methyl/N-ethyl adjacent to an activating group) is 1. The van der Waals surface area contributed by atoms with Gasteiger partial charge in [-0.25, -0.2) is 0 Å². The highest BCUT2D eigenvalue weighted by Gasteiger charge is 2.31. The topological polar surface area (TPSA) is 170 Å². The zero-order chi connectivity index (χ0) is 14.0. The Labute approximate surface area is 97.1 Å². The van der Waals surface area contributed by atoms with Crippen LogP contribution in [-0.2, 0) is 23.0 Å². The molecule has 0 heterocycles. The van der Waals surface area contributed by atoms with Crippen molar-refractivity contribution in [2.45, 2.75) is 12.5 Å². The van der Waals surface area contributed by atoms with Crippen LogP contribution in [0.1, 0.15) is 6.42 Å². The summed E-state index contributed by atoms with van der Waals surface area (Å²) < 4.78 is 22.2. The van der Waals surface area contributed by atoms with E-state index in [0.717, 1.165) is 0 Å². The van der Waals surface area contributed by atoms with Crippen LogP contribution in [0.3, 0.4) is 0 Å². The van der Waals surface area contributed by atoms with Crippen LogP contribution in [0.15, 0.2) is 0 Å². The van der Waals surface area contributed by atoms with E-state index in [-0.39, 0.29) is 0 Å². The second kappa shape index (κ2) is 10.2. The Balaban J connectivity index is 0. The number of hydrogen-bond acceptors (Lipinski definition) is 6. The second-order valence-corrected chi connectivity index (χ2v) is 3.94. The quantitative estimate of drug-likeness (QED) is 0.399. The van der Waals surface area contributed by atoms with Crippen LogP contribution >= 0.6 is 16.5 Å². The van der Waals surface area contributed by atoms with E-state index in [1.807, 2.05) is 0 Å². The van der Waals surface area contributed by atoms with Gasteiger partial charge in [-0.15, -0.1) is 9.79 Å². The van der Waals surface area contributed by atoms with Crippen molar-refractivity contribution in [2.75, 3.05) is 7.05 Å². The third kappa shape index (κ3) is 15.0. The minimum atomic E-state index is -2.92. The molecule has 0 aromatic carbocycles. The molecule has 5 N–H and O–H groups in total. The van der Waals surface area contributed by atoms with Crippen molar-refractivity contribution in [1.29, 1.82) is 0 Å². The summed E-state index contributed by atoms with van der Waals surface area (Å²) in [6.07, 6.45) is -0.397. The van der Waals surface area contributed by atoms with Crippen LogP contribution in [0.25, 0.3) is 0 Å². The maximum Gasteiger partial charge on any atom is 0.745 e. The predicted molar refractivity (Wildman–Crippen MR) is 53.5 cm³/mol. The number of aliphatic carboxylic acids is 2. The lowest BCUT2D eigenvalue weighted by Crippen LogP contribution is -2.35. The largest absolute Gasteiger partial charge is 0.745 e. The van der Waals surface area contributed by atoms with Gasteiger partial charge in [0.25, 0.3) is 0 Å². The molecule has 0 aliphatic heterocycles. The highest BCUT2D eigenvalue weighted by Crippen LogP contribution is 2.30. The van der Waals surface area contributed by atoms with Crippen LogP contribution in [-0.4, -0.2) is 45.0 Å². The molecular formula is C5H11NO9P2+2. The van der Waals surface area contributed by atoms with Crippen LogP contribution in [0.4, 0.5) is 0 Å². The van der Waals surface area contributed by atoms with Gasteiger partial charge in [0.15, 0.2) is 4.31 Å². The Morgan fingerprint density at radius 2 is 1.65 bits per heavy atom. The van der Waals surface area contributed by atoms with Crippen molar-refractivity contribution >= 4 is 28.4 Å². The van der Waals surface area contributed by atoms with Crippen molar-refractivity contribution in [2.24, 2.45) is 0 Å². The van der Waals surface area contributed by atoms with Gasteiger partial charge in [0.2, 0.25) is 0 Å². The predicted octanol–water partition coefficient (Wildman–Crippen LogP) is -0.564. The summed E-state index contributed by atoms with van der Waals surface area (Å²) in [7, 11) is -4.44. The summed E-state index contributed by atoms with van der Waals surface area (Å²) in [6.45, 7) is 0. The highest BCUT2D eigenvalue weighted by molar-refractivity contribution is 7.46. The average molecular weight is 291 g/mol. The molecule has 0 amide bonds. The molecule has 0 bridgehead atoms. The summed E-state index contributed by atoms with van der Waals surface area (Å²) in [5.41, 5.74) is 0. The lowest BCUT2D eigenvalue weighted by Gasteiger charge is -2.06.